The molecule has 2 heteroatoms. The number of hydrogen-bond donors (Lipinski definition) is 1. The molecule has 16 heavy (non-hydrogen) atoms. The maximum Gasteiger partial charge on any atom is 0.131 e. The average molecular weight is 216 g/mol. The minimum atomic E-state index is -0.240. The largest absolute Gasteiger partial charge is 0.508 e. The van der Waals surface area contributed by atoms with Crippen LogP contribution in [0.2, 0.25) is 0 Å². The molecule has 1 nitrogen and oxygen atoms in total. The van der Waals surface area contributed by atoms with Crippen LogP contribution in [0.5, 0.6) is 5.75 Å². The van der Waals surface area contributed by atoms with Gasteiger partial charge in [0, 0.05) is 5.56 Å². The van der Waals surface area contributed by atoms with Crippen LogP contribution in [0.3, 0.4) is 0 Å². The predicted molar refractivity (Wildman–Crippen MR) is 63.0 cm³/mol. The lowest BCUT2D eigenvalue weighted by Gasteiger charge is -2.07. The van der Waals surface area contributed by atoms with Crippen molar-refractivity contribution in [1.82, 2.24) is 0 Å². The number of halogens is 1. The summed E-state index contributed by atoms with van der Waals surface area (Å²) in [5.41, 5.74) is 3.13. The van der Waals surface area contributed by atoms with E-state index in [1.54, 1.807) is 37.3 Å². The van der Waals surface area contributed by atoms with E-state index in [9.17, 15) is 9.50 Å². The summed E-state index contributed by atoms with van der Waals surface area (Å²) in [4.78, 5) is 0. The van der Waals surface area contributed by atoms with Gasteiger partial charge in [-0.3, -0.25) is 0 Å². The van der Waals surface area contributed by atoms with E-state index < -0.39 is 0 Å². The van der Waals surface area contributed by atoms with Crippen LogP contribution in [-0.4, -0.2) is 5.11 Å². The Morgan fingerprint density at radius 1 is 1.00 bits per heavy atom. The van der Waals surface area contributed by atoms with Crippen LogP contribution < -0.4 is 0 Å². The zero-order chi connectivity index (χ0) is 11.7. The predicted octanol–water partition coefficient (Wildman–Crippen LogP) is 3.82. The van der Waals surface area contributed by atoms with E-state index in [1.807, 2.05) is 6.92 Å². The van der Waals surface area contributed by atoms with Gasteiger partial charge in [-0.2, -0.15) is 0 Å². The van der Waals surface area contributed by atoms with Gasteiger partial charge in [-0.15, -0.1) is 0 Å². The molecule has 2 aromatic carbocycles. The second kappa shape index (κ2) is 3.97. The van der Waals surface area contributed by atoms with Crippen LogP contribution in [0.1, 0.15) is 11.1 Å². The Kier molecular flexibility index (Phi) is 2.65. The van der Waals surface area contributed by atoms with Crippen molar-refractivity contribution in [3.05, 3.63) is 53.3 Å². The van der Waals surface area contributed by atoms with Crippen molar-refractivity contribution in [2.45, 2.75) is 13.8 Å². The van der Waals surface area contributed by atoms with Gasteiger partial charge in [-0.25, -0.2) is 4.39 Å². The second-order valence-corrected chi connectivity index (χ2v) is 3.98. The molecule has 0 saturated heterocycles. The summed E-state index contributed by atoms with van der Waals surface area (Å²) in [6, 6.07) is 10.1. The van der Waals surface area contributed by atoms with Gasteiger partial charge >= 0.3 is 0 Å². The van der Waals surface area contributed by atoms with Gasteiger partial charge in [0.05, 0.1) is 0 Å². The second-order valence-electron chi connectivity index (χ2n) is 3.98. The van der Waals surface area contributed by atoms with Gasteiger partial charge in [-0.05, 0) is 49.2 Å². The van der Waals surface area contributed by atoms with Crippen LogP contribution in [0.25, 0.3) is 11.1 Å². The van der Waals surface area contributed by atoms with Crippen LogP contribution >= 0.6 is 0 Å². The highest BCUT2D eigenvalue weighted by molar-refractivity contribution is 5.66. The lowest BCUT2D eigenvalue weighted by atomic mass is 10.0. The molecule has 2 aromatic rings. The molecule has 2 rings (SSSR count). The first-order chi connectivity index (χ1) is 7.58. The monoisotopic (exact) mass is 216 g/mol. The summed E-state index contributed by atoms with van der Waals surface area (Å²) >= 11 is 0. The molecule has 0 atom stereocenters. The Bertz CT molecular complexity index is 532. The van der Waals surface area contributed by atoms with E-state index in [0.717, 1.165) is 16.7 Å². The topological polar surface area (TPSA) is 20.2 Å². The maximum atomic E-state index is 13.6. The smallest absolute Gasteiger partial charge is 0.131 e. The molecule has 0 aliphatic rings. The molecule has 0 saturated carbocycles. The van der Waals surface area contributed by atoms with E-state index >= 15 is 0 Å². The van der Waals surface area contributed by atoms with Crippen molar-refractivity contribution in [2.24, 2.45) is 0 Å². The molecule has 0 amide bonds. The fourth-order valence-corrected chi connectivity index (χ4v) is 1.68. The standard InChI is InChI=1S/C14H13FO/c1-9-3-5-13(15)12(7-9)11-4-6-14(16)10(2)8-11/h3-8,16H,1-2H3. The maximum absolute atomic E-state index is 13.6. The third-order valence-electron chi connectivity index (χ3n) is 2.63. The van der Waals surface area contributed by atoms with E-state index in [2.05, 4.69) is 0 Å². The number of aryl methyl sites for hydroxylation is 2. The third kappa shape index (κ3) is 1.91. The Morgan fingerprint density at radius 3 is 2.44 bits per heavy atom. The van der Waals surface area contributed by atoms with Gasteiger partial charge in [0.2, 0.25) is 0 Å². The lowest BCUT2D eigenvalue weighted by molar-refractivity contribution is 0.471. The molecule has 0 spiro atoms. The van der Waals surface area contributed by atoms with Gasteiger partial charge in [0.1, 0.15) is 11.6 Å². The SMILES string of the molecule is Cc1ccc(F)c(-c2ccc(O)c(C)c2)c1. The van der Waals surface area contributed by atoms with Crippen LogP contribution in [0, 0.1) is 19.7 Å². The number of benzene rings is 2. The molecule has 1 N–H and O–H groups in total. The van der Waals surface area contributed by atoms with E-state index in [1.165, 1.54) is 6.07 Å². The summed E-state index contributed by atoms with van der Waals surface area (Å²) in [6.07, 6.45) is 0. The summed E-state index contributed by atoms with van der Waals surface area (Å²) < 4.78 is 13.6. The molecule has 0 aliphatic heterocycles. The minimum absolute atomic E-state index is 0.233. The fraction of sp³-hybridized carbons (Fsp3) is 0.143. The quantitative estimate of drug-likeness (QED) is 0.768. The van der Waals surface area contributed by atoms with Gasteiger partial charge in [0.25, 0.3) is 0 Å². The van der Waals surface area contributed by atoms with Crippen molar-refractivity contribution in [3.8, 4) is 16.9 Å². The first-order valence-corrected chi connectivity index (χ1v) is 5.14. The zero-order valence-electron chi connectivity index (χ0n) is 9.29. The van der Waals surface area contributed by atoms with E-state index in [0.29, 0.717) is 5.56 Å². The number of hydrogen-bond acceptors (Lipinski definition) is 1. The van der Waals surface area contributed by atoms with Crippen molar-refractivity contribution in [2.75, 3.05) is 0 Å². The molecule has 0 aliphatic carbocycles. The molecule has 0 aromatic heterocycles. The number of rotatable bonds is 1. The van der Waals surface area contributed by atoms with E-state index in [-0.39, 0.29) is 11.6 Å². The first-order valence-electron chi connectivity index (χ1n) is 5.14. The highest BCUT2D eigenvalue weighted by Crippen LogP contribution is 2.27. The Labute approximate surface area is 94.2 Å². The normalized spacial score (nSPS) is 10.4. The van der Waals surface area contributed by atoms with Crippen molar-refractivity contribution in [3.63, 3.8) is 0 Å². The van der Waals surface area contributed by atoms with Crippen LogP contribution in [-0.2, 0) is 0 Å². The third-order valence-corrected chi connectivity index (χ3v) is 2.63. The van der Waals surface area contributed by atoms with Gasteiger partial charge in [-0.1, -0.05) is 17.7 Å². The summed E-state index contributed by atoms with van der Waals surface area (Å²) in [5.74, 6) is -0.00694. The Balaban J connectivity index is 2.58. The molecule has 0 fully saturated rings. The summed E-state index contributed by atoms with van der Waals surface area (Å²) in [7, 11) is 0. The minimum Gasteiger partial charge on any atom is -0.508 e. The lowest BCUT2D eigenvalue weighted by Crippen LogP contribution is -1.86. The number of phenolic OH excluding ortho intramolecular Hbond substituents is 1. The highest BCUT2D eigenvalue weighted by Gasteiger charge is 2.06. The van der Waals surface area contributed by atoms with Crippen molar-refractivity contribution >= 4 is 0 Å². The molecule has 82 valence electrons. The highest BCUT2D eigenvalue weighted by atomic mass is 19.1. The number of phenols is 1. The first kappa shape index (κ1) is 10.7. The fourth-order valence-electron chi connectivity index (χ4n) is 1.68. The van der Waals surface area contributed by atoms with Crippen molar-refractivity contribution in [1.29, 1.82) is 0 Å². The molecular formula is C14H13FO. The molecule has 0 bridgehead atoms. The van der Waals surface area contributed by atoms with Crippen LogP contribution in [0.15, 0.2) is 36.4 Å². The number of aromatic hydroxyl groups is 1. The van der Waals surface area contributed by atoms with E-state index in [4.69, 9.17) is 0 Å². The molecule has 0 heterocycles. The van der Waals surface area contributed by atoms with Gasteiger partial charge in [0.15, 0.2) is 0 Å². The summed E-state index contributed by atoms with van der Waals surface area (Å²) in [5, 5.41) is 9.42. The van der Waals surface area contributed by atoms with Crippen molar-refractivity contribution < 1.29 is 9.50 Å². The molecule has 0 radical (unpaired) electrons. The Morgan fingerprint density at radius 2 is 1.75 bits per heavy atom. The van der Waals surface area contributed by atoms with Crippen LogP contribution in [0.4, 0.5) is 4.39 Å². The molecule has 0 unspecified atom stereocenters. The van der Waals surface area contributed by atoms with Gasteiger partial charge < -0.3 is 5.11 Å². The molecular weight excluding hydrogens is 203 g/mol. The average Bonchev–Trinajstić information content (AvgIpc) is 2.26. The summed E-state index contributed by atoms with van der Waals surface area (Å²) in [6.45, 7) is 3.72. The Hall–Kier alpha value is -1.83. The zero-order valence-corrected chi connectivity index (χ0v) is 9.29.